The van der Waals surface area contributed by atoms with Crippen molar-refractivity contribution in [1.82, 2.24) is 10.3 Å². The first-order valence-corrected chi connectivity index (χ1v) is 7.77. The number of aryl methyl sites for hydroxylation is 1. The second-order valence-corrected chi connectivity index (χ2v) is 6.03. The Balaban J connectivity index is 1.60. The van der Waals surface area contributed by atoms with E-state index in [-0.39, 0.29) is 0 Å². The lowest BCUT2D eigenvalue weighted by molar-refractivity contribution is 0.928. The van der Waals surface area contributed by atoms with E-state index in [0.717, 1.165) is 11.2 Å². The number of hydrogen-bond acceptors (Lipinski definition) is 1. The number of aromatic nitrogens is 1. The number of nitrogens with one attached hydrogen (secondary N) is 3. The summed E-state index contributed by atoms with van der Waals surface area (Å²) in [5.74, 6) is 0. The van der Waals surface area contributed by atoms with E-state index in [0.29, 0.717) is 16.7 Å². The largest absolute Gasteiger partial charge is 0.359 e. The Morgan fingerprint density at radius 2 is 1.91 bits per heavy atom. The first-order chi connectivity index (χ1) is 10.6. The second kappa shape index (κ2) is 6.38. The van der Waals surface area contributed by atoms with Crippen LogP contribution in [-0.2, 0) is 6.54 Å². The standard InChI is InChI=1S/C17H16ClN3S/c1-11-8-13-9-12(2-7-16(13)20-11)10-19-17(22)21-15-5-3-14(18)4-6-15/h2-9,20H,10H2,1H3,(H2,19,21,22). The van der Waals surface area contributed by atoms with Gasteiger partial charge < -0.3 is 15.6 Å². The van der Waals surface area contributed by atoms with Crippen molar-refractivity contribution in [3.05, 3.63) is 64.8 Å². The molecule has 2 aromatic carbocycles. The van der Waals surface area contributed by atoms with E-state index in [1.807, 2.05) is 24.3 Å². The second-order valence-electron chi connectivity index (χ2n) is 5.19. The molecule has 0 saturated carbocycles. The minimum absolute atomic E-state index is 0.590. The zero-order valence-electron chi connectivity index (χ0n) is 12.1. The Morgan fingerprint density at radius 3 is 2.68 bits per heavy atom. The maximum Gasteiger partial charge on any atom is 0.171 e. The molecule has 112 valence electrons. The van der Waals surface area contributed by atoms with Gasteiger partial charge in [0, 0.05) is 28.5 Å². The fourth-order valence-corrected chi connectivity index (χ4v) is 2.64. The number of hydrogen-bond donors (Lipinski definition) is 3. The summed E-state index contributed by atoms with van der Waals surface area (Å²) in [6.45, 7) is 2.74. The van der Waals surface area contributed by atoms with Gasteiger partial charge in [-0.05, 0) is 72.6 Å². The van der Waals surface area contributed by atoms with Crippen LogP contribution in [0.15, 0.2) is 48.5 Å². The third kappa shape index (κ3) is 3.59. The molecule has 0 amide bonds. The SMILES string of the molecule is Cc1cc2cc(CNC(=S)Nc3ccc(Cl)cc3)ccc2[nH]1. The molecule has 0 aliphatic heterocycles. The molecule has 0 aliphatic rings. The summed E-state index contributed by atoms with van der Waals surface area (Å²) < 4.78 is 0. The number of H-pyrrole nitrogens is 1. The number of rotatable bonds is 3. The predicted octanol–water partition coefficient (Wildman–Crippen LogP) is 4.62. The summed E-state index contributed by atoms with van der Waals surface area (Å²) in [4.78, 5) is 3.32. The molecule has 1 aromatic heterocycles. The van der Waals surface area contributed by atoms with Crippen molar-refractivity contribution in [3.8, 4) is 0 Å². The molecule has 3 rings (SSSR count). The molecule has 0 fully saturated rings. The van der Waals surface area contributed by atoms with E-state index in [4.69, 9.17) is 23.8 Å². The Labute approximate surface area is 139 Å². The molecule has 0 spiro atoms. The van der Waals surface area contributed by atoms with Gasteiger partial charge in [-0.1, -0.05) is 17.7 Å². The normalized spacial score (nSPS) is 10.6. The molecule has 1 heterocycles. The minimum atomic E-state index is 0.590. The van der Waals surface area contributed by atoms with Crippen molar-refractivity contribution in [2.24, 2.45) is 0 Å². The van der Waals surface area contributed by atoms with Crippen molar-refractivity contribution in [1.29, 1.82) is 0 Å². The highest BCUT2D eigenvalue weighted by molar-refractivity contribution is 7.80. The third-order valence-electron chi connectivity index (χ3n) is 3.37. The number of anilines is 1. The first kappa shape index (κ1) is 14.9. The minimum Gasteiger partial charge on any atom is -0.359 e. The van der Waals surface area contributed by atoms with Gasteiger partial charge in [-0.2, -0.15) is 0 Å². The van der Waals surface area contributed by atoms with Crippen LogP contribution in [0.1, 0.15) is 11.3 Å². The number of benzene rings is 2. The van der Waals surface area contributed by atoms with Crippen molar-refractivity contribution >= 4 is 45.5 Å². The fourth-order valence-electron chi connectivity index (χ4n) is 2.33. The molecule has 3 nitrogen and oxygen atoms in total. The number of thiocarbonyl (C=S) groups is 1. The van der Waals surface area contributed by atoms with Gasteiger partial charge in [0.2, 0.25) is 0 Å². The molecule has 3 aromatic rings. The van der Waals surface area contributed by atoms with Gasteiger partial charge in [-0.3, -0.25) is 0 Å². The number of aromatic amines is 1. The molecule has 22 heavy (non-hydrogen) atoms. The molecule has 0 bridgehead atoms. The van der Waals surface area contributed by atoms with Crippen LogP contribution >= 0.6 is 23.8 Å². The van der Waals surface area contributed by atoms with Crippen LogP contribution < -0.4 is 10.6 Å². The van der Waals surface area contributed by atoms with Crippen molar-refractivity contribution in [2.45, 2.75) is 13.5 Å². The smallest absolute Gasteiger partial charge is 0.171 e. The van der Waals surface area contributed by atoms with Crippen LogP contribution in [0.25, 0.3) is 10.9 Å². The van der Waals surface area contributed by atoms with Crippen LogP contribution in [0.3, 0.4) is 0 Å². The third-order valence-corrected chi connectivity index (χ3v) is 3.87. The van der Waals surface area contributed by atoms with E-state index >= 15 is 0 Å². The van der Waals surface area contributed by atoms with Crippen molar-refractivity contribution in [3.63, 3.8) is 0 Å². The van der Waals surface area contributed by atoms with Crippen LogP contribution in [0.2, 0.25) is 5.02 Å². The van der Waals surface area contributed by atoms with E-state index in [2.05, 4.69) is 46.8 Å². The molecule has 0 aliphatic carbocycles. The van der Waals surface area contributed by atoms with E-state index < -0.39 is 0 Å². The average Bonchev–Trinajstić information content (AvgIpc) is 2.87. The highest BCUT2D eigenvalue weighted by Gasteiger charge is 2.01. The van der Waals surface area contributed by atoms with Gasteiger partial charge in [0.1, 0.15) is 0 Å². The maximum atomic E-state index is 5.86. The van der Waals surface area contributed by atoms with E-state index in [1.54, 1.807) is 0 Å². The summed E-state index contributed by atoms with van der Waals surface area (Å²) in [5, 5.41) is 8.86. The van der Waals surface area contributed by atoms with Gasteiger partial charge in [0.15, 0.2) is 5.11 Å². The number of halogens is 1. The summed E-state index contributed by atoms with van der Waals surface area (Å²) in [5.41, 5.74) is 4.42. The molecular weight excluding hydrogens is 314 g/mol. The Bertz CT molecular complexity index is 808. The van der Waals surface area contributed by atoms with Gasteiger partial charge in [-0.25, -0.2) is 0 Å². The molecule has 3 N–H and O–H groups in total. The molecule has 0 radical (unpaired) electrons. The Kier molecular flexibility index (Phi) is 4.32. The Morgan fingerprint density at radius 1 is 1.14 bits per heavy atom. The summed E-state index contributed by atoms with van der Waals surface area (Å²) in [7, 11) is 0. The molecule has 0 unspecified atom stereocenters. The zero-order valence-corrected chi connectivity index (χ0v) is 13.7. The van der Waals surface area contributed by atoms with Gasteiger partial charge in [0.05, 0.1) is 0 Å². The van der Waals surface area contributed by atoms with Crippen molar-refractivity contribution in [2.75, 3.05) is 5.32 Å². The lowest BCUT2D eigenvalue weighted by Crippen LogP contribution is -2.27. The number of fused-ring (bicyclic) bond motifs is 1. The van der Waals surface area contributed by atoms with Gasteiger partial charge in [-0.15, -0.1) is 0 Å². The lowest BCUT2D eigenvalue weighted by Gasteiger charge is -2.10. The molecule has 0 atom stereocenters. The highest BCUT2D eigenvalue weighted by Crippen LogP contribution is 2.17. The van der Waals surface area contributed by atoms with Crippen LogP contribution in [0.5, 0.6) is 0 Å². The van der Waals surface area contributed by atoms with Crippen LogP contribution in [-0.4, -0.2) is 10.1 Å². The topological polar surface area (TPSA) is 39.8 Å². The van der Waals surface area contributed by atoms with Gasteiger partial charge in [0.25, 0.3) is 0 Å². The molecule has 5 heteroatoms. The fraction of sp³-hybridized carbons (Fsp3) is 0.118. The Hall–Kier alpha value is -2.04. The average molecular weight is 330 g/mol. The molecule has 0 saturated heterocycles. The highest BCUT2D eigenvalue weighted by atomic mass is 35.5. The summed E-state index contributed by atoms with van der Waals surface area (Å²) >= 11 is 11.2. The first-order valence-electron chi connectivity index (χ1n) is 6.99. The maximum absolute atomic E-state index is 5.86. The lowest BCUT2D eigenvalue weighted by atomic mass is 10.1. The van der Waals surface area contributed by atoms with Crippen LogP contribution in [0, 0.1) is 6.92 Å². The monoisotopic (exact) mass is 329 g/mol. The predicted molar refractivity (Wildman–Crippen MR) is 97.5 cm³/mol. The summed E-state index contributed by atoms with van der Waals surface area (Å²) in [6.07, 6.45) is 0. The zero-order chi connectivity index (χ0) is 15.5. The quantitative estimate of drug-likeness (QED) is 0.614. The summed E-state index contributed by atoms with van der Waals surface area (Å²) in [6, 6.07) is 15.9. The molecular formula is C17H16ClN3S. The van der Waals surface area contributed by atoms with E-state index in [9.17, 15) is 0 Å². The van der Waals surface area contributed by atoms with Crippen LogP contribution in [0.4, 0.5) is 5.69 Å². The van der Waals surface area contributed by atoms with Crippen molar-refractivity contribution < 1.29 is 0 Å². The van der Waals surface area contributed by atoms with E-state index in [1.165, 1.54) is 16.6 Å². The van der Waals surface area contributed by atoms with Gasteiger partial charge >= 0.3 is 0 Å².